The molecular weight excluding hydrogens is 231 g/mol. The van der Waals surface area contributed by atoms with Gasteiger partial charge in [-0.2, -0.15) is 0 Å². The topological polar surface area (TPSA) is 63.8 Å². The fraction of sp³-hybridized carbons (Fsp3) is 0.231. The van der Waals surface area contributed by atoms with E-state index in [0.29, 0.717) is 24.0 Å². The SMILES string of the molecule is CCc1nc(N)cc(NCc2ccc(F)cc2)n1. The molecule has 5 heteroatoms. The number of hydrogen-bond donors (Lipinski definition) is 2. The van der Waals surface area contributed by atoms with Crippen molar-refractivity contribution in [1.82, 2.24) is 9.97 Å². The van der Waals surface area contributed by atoms with Crippen LogP contribution < -0.4 is 11.1 Å². The van der Waals surface area contributed by atoms with Gasteiger partial charge < -0.3 is 11.1 Å². The zero-order chi connectivity index (χ0) is 13.0. The van der Waals surface area contributed by atoms with E-state index in [1.54, 1.807) is 18.2 Å². The summed E-state index contributed by atoms with van der Waals surface area (Å²) in [5.74, 6) is 1.60. The Morgan fingerprint density at radius 3 is 2.61 bits per heavy atom. The first kappa shape index (κ1) is 12.3. The van der Waals surface area contributed by atoms with E-state index in [1.807, 2.05) is 6.92 Å². The highest BCUT2D eigenvalue weighted by Gasteiger charge is 2.01. The molecule has 0 aliphatic rings. The van der Waals surface area contributed by atoms with Crippen LogP contribution >= 0.6 is 0 Å². The summed E-state index contributed by atoms with van der Waals surface area (Å²) in [6, 6.07) is 8.01. The lowest BCUT2D eigenvalue weighted by Gasteiger charge is -2.07. The molecule has 2 rings (SSSR count). The molecular formula is C13H15FN4. The van der Waals surface area contributed by atoms with Gasteiger partial charge in [0.1, 0.15) is 23.3 Å². The first-order valence-electron chi connectivity index (χ1n) is 5.79. The van der Waals surface area contributed by atoms with Crippen LogP contribution in [0.15, 0.2) is 30.3 Å². The van der Waals surface area contributed by atoms with Crippen molar-refractivity contribution in [3.63, 3.8) is 0 Å². The minimum atomic E-state index is -0.238. The van der Waals surface area contributed by atoms with E-state index in [4.69, 9.17) is 5.73 Å². The molecule has 0 saturated carbocycles. The van der Waals surface area contributed by atoms with Gasteiger partial charge in [-0.1, -0.05) is 19.1 Å². The fourth-order valence-electron chi connectivity index (χ4n) is 1.56. The number of nitrogen functional groups attached to an aromatic ring is 1. The van der Waals surface area contributed by atoms with Crippen molar-refractivity contribution in [3.05, 3.63) is 47.5 Å². The van der Waals surface area contributed by atoms with Crippen molar-refractivity contribution < 1.29 is 4.39 Å². The Balaban J connectivity index is 2.05. The van der Waals surface area contributed by atoms with E-state index in [2.05, 4.69) is 15.3 Å². The second-order valence-corrected chi connectivity index (χ2v) is 3.93. The highest BCUT2D eigenvalue weighted by molar-refractivity contribution is 5.45. The van der Waals surface area contributed by atoms with Crippen molar-refractivity contribution >= 4 is 11.6 Å². The predicted octanol–water partition coefficient (Wildman–Crippen LogP) is 2.37. The molecule has 0 spiro atoms. The van der Waals surface area contributed by atoms with Gasteiger partial charge in [0.2, 0.25) is 0 Å². The molecule has 94 valence electrons. The zero-order valence-corrected chi connectivity index (χ0v) is 10.2. The van der Waals surface area contributed by atoms with E-state index < -0.39 is 0 Å². The van der Waals surface area contributed by atoms with Crippen LogP contribution in [0.1, 0.15) is 18.3 Å². The van der Waals surface area contributed by atoms with Gasteiger partial charge in [0.05, 0.1) is 0 Å². The number of aromatic nitrogens is 2. The summed E-state index contributed by atoms with van der Waals surface area (Å²) in [4.78, 5) is 8.40. The summed E-state index contributed by atoms with van der Waals surface area (Å²) in [5, 5.41) is 3.14. The van der Waals surface area contributed by atoms with Gasteiger partial charge in [0.25, 0.3) is 0 Å². The zero-order valence-electron chi connectivity index (χ0n) is 10.2. The summed E-state index contributed by atoms with van der Waals surface area (Å²) in [6.07, 6.45) is 0.732. The molecule has 0 fully saturated rings. The molecule has 1 aromatic carbocycles. The van der Waals surface area contributed by atoms with Crippen LogP contribution in [0.5, 0.6) is 0 Å². The molecule has 1 aromatic heterocycles. The lowest BCUT2D eigenvalue weighted by Crippen LogP contribution is -2.06. The monoisotopic (exact) mass is 246 g/mol. The van der Waals surface area contributed by atoms with E-state index in [-0.39, 0.29) is 5.82 Å². The predicted molar refractivity (Wildman–Crippen MR) is 69.5 cm³/mol. The number of nitrogens with zero attached hydrogens (tertiary/aromatic N) is 2. The summed E-state index contributed by atoms with van der Waals surface area (Å²) in [6.45, 7) is 2.54. The maximum atomic E-state index is 12.7. The molecule has 0 unspecified atom stereocenters. The first-order valence-corrected chi connectivity index (χ1v) is 5.79. The molecule has 0 radical (unpaired) electrons. The molecule has 0 atom stereocenters. The maximum Gasteiger partial charge on any atom is 0.132 e. The summed E-state index contributed by atoms with van der Waals surface area (Å²) in [5.41, 5.74) is 6.66. The van der Waals surface area contributed by atoms with Crippen LogP contribution in [0.25, 0.3) is 0 Å². The number of nitrogens with two attached hydrogens (primary N) is 1. The van der Waals surface area contributed by atoms with E-state index in [1.165, 1.54) is 12.1 Å². The Hall–Kier alpha value is -2.17. The van der Waals surface area contributed by atoms with Crippen LogP contribution in [0.4, 0.5) is 16.0 Å². The molecule has 0 aliphatic heterocycles. The number of halogens is 1. The average molecular weight is 246 g/mol. The highest BCUT2D eigenvalue weighted by atomic mass is 19.1. The number of rotatable bonds is 4. The number of anilines is 2. The van der Waals surface area contributed by atoms with Crippen LogP contribution in [-0.2, 0) is 13.0 Å². The van der Waals surface area contributed by atoms with Gasteiger partial charge in [0.15, 0.2) is 0 Å². The quantitative estimate of drug-likeness (QED) is 0.869. The van der Waals surface area contributed by atoms with Crippen LogP contribution in [0, 0.1) is 5.82 Å². The lowest BCUT2D eigenvalue weighted by molar-refractivity contribution is 0.627. The third-order valence-corrected chi connectivity index (χ3v) is 2.50. The van der Waals surface area contributed by atoms with Crippen LogP contribution in [0.3, 0.4) is 0 Å². The fourth-order valence-corrected chi connectivity index (χ4v) is 1.56. The second-order valence-electron chi connectivity index (χ2n) is 3.93. The summed E-state index contributed by atoms with van der Waals surface area (Å²) in [7, 11) is 0. The molecule has 0 saturated heterocycles. The maximum absolute atomic E-state index is 12.7. The van der Waals surface area contributed by atoms with Crippen LogP contribution in [-0.4, -0.2) is 9.97 Å². The average Bonchev–Trinajstić information content (AvgIpc) is 2.37. The first-order chi connectivity index (χ1) is 8.67. The van der Waals surface area contributed by atoms with Crippen molar-refractivity contribution in [2.45, 2.75) is 19.9 Å². The Kier molecular flexibility index (Phi) is 3.72. The molecule has 0 aliphatic carbocycles. The van der Waals surface area contributed by atoms with Gasteiger partial charge in [0, 0.05) is 19.0 Å². The molecule has 2 aromatic rings. The number of aryl methyl sites for hydroxylation is 1. The third kappa shape index (κ3) is 3.16. The van der Waals surface area contributed by atoms with Crippen molar-refractivity contribution in [3.8, 4) is 0 Å². The number of benzene rings is 1. The summed E-state index contributed by atoms with van der Waals surface area (Å²) >= 11 is 0. The molecule has 0 bridgehead atoms. The van der Waals surface area contributed by atoms with E-state index >= 15 is 0 Å². The smallest absolute Gasteiger partial charge is 0.132 e. The normalized spacial score (nSPS) is 10.3. The van der Waals surface area contributed by atoms with Crippen molar-refractivity contribution in [2.24, 2.45) is 0 Å². The molecule has 4 nitrogen and oxygen atoms in total. The molecule has 0 amide bonds. The second kappa shape index (κ2) is 5.44. The largest absolute Gasteiger partial charge is 0.384 e. The number of hydrogen-bond acceptors (Lipinski definition) is 4. The Labute approximate surface area is 105 Å². The minimum absolute atomic E-state index is 0.238. The minimum Gasteiger partial charge on any atom is -0.384 e. The van der Waals surface area contributed by atoms with Gasteiger partial charge >= 0.3 is 0 Å². The Morgan fingerprint density at radius 2 is 1.94 bits per heavy atom. The lowest BCUT2D eigenvalue weighted by atomic mass is 10.2. The van der Waals surface area contributed by atoms with Crippen molar-refractivity contribution in [1.29, 1.82) is 0 Å². The van der Waals surface area contributed by atoms with Gasteiger partial charge in [-0.3, -0.25) is 0 Å². The third-order valence-electron chi connectivity index (χ3n) is 2.50. The molecule has 3 N–H and O–H groups in total. The Bertz CT molecular complexity index is 525. The molecule has 1 heterocycles. The van der Waals surface area contributed by atoms with E-state index in [9.17, 15) is 4.39 Å². The van der Waals surface area contributed by atoms with Crippen molar-refractivity contribution in [2.75, 3.05) is 11.1 Å². The highest BCUT2D eigenvalue weighted by Crippen LogP contribution is 2.11. The Morgan fingerprint density at radius 1 is 1.22 bits per heavy atom. The van der Waals surface area contributed by atoms with E-state index in [0.717, 1.165) is 12.0 Å². The summed E-state index contributed by atoms with van der Waals surface area (Å²) < 4.78 is 12.7. The molecule has 18 heavy (non-hydrogen) atoms. The van der Waals surface area contributed by atoms with Crippen LogP contribution in [0.2, 0.25) is 0 Å². The van der Waals surface area contributed by atoms with Gasteiger partial charge in [-0.05, 0) is 17.7 Å². The standard InChI is InChI=1S/C13H15FN4/c1-2-12-17-11(15)7-13(18-12)16-8-9-3-5-10(14)6-4-9/h3-7H,2,8H2,1H3,(H3,15,16,17,18). The van der Waals surface area contributed by atoms with Gasteiger partial charge in [-0.25, -0.2) is 14.4 Å². The number of nitrogens with one attached hydrogen (secondary N) is 1. The van der Waals surface area contributed by atoms with Gasteiger partial charge in [-0.15, -0.1) is 0 Å².